The molecule has 8 nitrogen and oxygen atoms in total. The number of hydrogen-bond donors (Lipinski definition) is 2. The van der Waals surface area contributed by atoms with E-state index in [1.54, 1.807) is 4.90 Å². The van der Waals surface area contributed by atoms with Crippen LogP contribution in [0, 0.1) is 13.8 Å². The minimum Gasteiger partial charge on any atom is -0.444 e. The molecule has 4 amide bonds. The highest BCUT2D eigenvalue weighted by Gasteiger charge is 2.26. The lowest BCUT2D eigenvalue weighted by atomic mass is 10.1. The van der Waals surface area contributed by atoms with E-state index in [0.717, 1.165) is 11.1 Å². The zero-order valence-electron chi connectivity index (χ0n) is 17.3. The van der Waals surface area contributed by atoms with Crippen molar-refractivity contribution < 1.29 is 19.1 Å². The molecule has 0 spiro atoms. The summed E-state index contributed by atoms with van der Waals surface area (Å²) >= 11 is 0. The van der Waals surface area contributed by atoms with Crippen molar-refractivity contribution in [3.8, 4) is 0 Å². The Labute approximate surface area is 166 Å². The van der Waals surface area contributed by atoms with Gasteiger partial charge in [0.1, 0.15) is 5.60 Å². The zero-order chi connectivity index (χ0) is 20.9. The second-order valence-electron chi connectivity index (χ2n) is 8.06. The molecule has 1 aliphatic rings. The molecule has 154 valence electrons. The number of carbonyl (C=O) groups excluding carboxylic acids is 3. The predicted molar refractivity (Wildman–Crippen MR) is 107 cm³/mol. The maximum Gasteiger partial charge on any atom is 0.410 e. The lowest BCUT2D eigenvalue weighted by molar-refractivity contribution is -0.121. The summed E-state index contributed by atoms with van der Waals surface area (Å²) in [5, 5.41) is 5.04. The van der Waals surface area contributed by atoms with E-state index in [2.05, 4.69) is 10.6 Å². The highest BCUT2D eigenvalue weighted by Crippen LogP contribution is 2.15. The van der Waals surface area contributed by atoms with E-state index >= 15 is 0 Å². The van der Waals surface area contributed by atoms with Gasteiger partial charge in [0.2, 0.25) is 5.91 Å². The summed E-state index contributed by atoms with van der Waals surface area (Å²) in [5.41, 5.74) is 2.17. The molecule has 1 saturated heterocycles. The fraction of sp³-hybridized carbons (Fsp3) is 0.550. The molecule has 1 aromatic carbocycles. The molecule has 1 heterocycles. The van der Waals surface area contributed by atoms with Gasteiger partial charge in [0, 0.05) is 31.9 Å². The number of rotatable bonds is 3. The minimum atomic E-state index is -0.552. The normalized spacial score (nSPS) is 15.1. The lowest BCUT2D eigenvalue weighted by Crippen LogP contribution is -2.52. The number of urea groups is 1. The Morgan fingerprint density at radius 3 is 2.29 bits per heavy atom. The van der Waals surface area contributed by atoms with Crippen molar-refractivity contribution in [1.29, 1.82) is 0 Å². The number of piperazine rings is 1. The van der Waals surface area contributed by atoms with E-state index in [0.29, 0.717) is 31.9 Å². The lowest BCUT2D eigenvalue weighted by Gasteiger charge is -2.35. The van der Waals surface area contributed by atoms with Gasteiger partial charge in [-0.3, -0.25) is 15.0 Å². The molecule has 0 radical (unpaired) electrons. The molecule has 0 saturated carbocycles. The first-order valence-corrected chi connectivity index (χ1v) is 9.42. The summed E-state index contributed by atoms with van der Waals surface area (Å²) in [5.74, 6) is -0.381. The van der Waals surface area contributed by atoms with Crippen molar-refractivity contribution in [2.24, 2.45) is 0 Å². The van der Waals surface area contributed by atoms with E-state index in [-0.39, 0.29) is 18.5 Å². The minimum absolute atomic E-state index is 0.0997. The Morgan fingerprint density at radius 2 is 1.71 bits per heavy atom. The van der Waals surface area contributed by atoms with E-state index < -0.39 is 11.6 Å². The third-order valence-electron chi connectivity index (χ3n) is 4.27. The summed E-state index contributed by atoms with van der Waals surface area (Å²) in [6, 6.07) is 5.12. The molecule has 2 N–H and O–H groups in total. The summed E-state index contributed by atoms with van der Waals surface area (Å²) in [6.45, 7) is 11.5. The number of benzene rings is 1. The fourth-order valence-electron chi connectivity index (χ4n) is 2.89. The first kappa shape index (κ1) is 21.7. The maximum atomic E-state index is 12.1. The number of amides is 4. The first-order valence-electron chi connectivity index (χ1n) is 9.42. The van der Waals surface area contributed by atoms with Gasteiger partial charge in [-0.1, -0.05) is 17.7 Å². The Morgan fingerprint density at radius 1 is 1.07 bits per heavy atom. The van der Waals surface area contributed by atoms with E-state index in [1.807, 2.05) is 57.7 Å². The van der Waals surface area contributed by atoms with Crippen LogP contribution < -0.4 is 10.6 Å². The van der Waals surface area contributed by atoms with Crippen LogP contribution in [-0.2, 0) is 9.53 Å². The molecule has 28 heavy (non-hydrogen) atoms. The molecular weight excluding hydrogens is 360 g/mol. The quantitative estimate of drug-likeness (QED) is 0.828. The molecule has 2 rings (SSSR count). The monoisotopic (exact) mass is 390 g/mol. The number of hydrogen-bond acceptors (Lipinski definition) is 5. The molecule has 1 aliphatic heterocycles. The Bertz CT molecular complexity index is 734. The van der Waals surface area contributed by atoms with Crippen LogP contribution in [0.25, 0.3) is 0 Å². The summed E-state index contributed by atoms with van der Waals surface area (Å²) < 4.78 is 5.36. The first-order chi connectivity index (χ1) is 13.0. The number of nitrogens with zero attached hydrogens (tertiary/aromatic N) is 2. The van der Waals surface area contributed by atoms with Crippen molar-refractivity contribution in [2.45, 2.75) is 40.2 Å². The molecule has 0 aliphatic carbocycles. The second-order valence-corrected chi connectivity index (χ2v) is 8.06. The summed E-state index contributed by atoms with van der Waals surface area (Å²) in [7, 11) is 0. The molecule has 0 bridgehead atoms. The van der Waals surface area contributed by atoms with Crippen molar-refractivity contribution in [3.05, 3.63) is 29.3 Å². The van der Waals surface area contributed by atoms with Crippen LogP contribution in [0.3, 0.4) is 0 Å². The van der Waals surface area contributed by atoms with Gasteiger partial charge < -0.3 is 15.0 Å². The van der Waals surface area contributed by atoms with E-state index in [1.165, 1.54) is 0 Å². The average molecular weight is 390 g/mol. The Kier molecular flexibility index (Phi) is 7.01. The van der Waals surface area contributed by atoms with Crippen LogP contribution in [0.1, 0.15) is 31.9 Å². The van der Waals surface area contributed by atoms with Gasteiger partial charge >= 0.3 is 12.1 Å². The molecule has 1 fully saturated rings. The van der Waals surface area contributed by atoms with Gasteiger partial charge in [-0.05, 0) is 46.2 Å². The maximum absolute atomic E-state index is 12.1. The number of nitrogens with one attached hydrogen (secondary N) is 2. The molecule has 0 atom stereocenters. The van der Waals surface area contributed by atoms with E-state index in [4.69, 9.17) is 4.74 Å². The van der Waals surface area contributed by atoms with Crippen molar-refractivity contribution in [1.82, 2.24) is 15.1 Å². The molecule has 1 aromatic rings. The highest BCUT2D eigenvalue weighted by molar-refractivity contribution is 6.02. The number of imide groups is 1. The van der Waals surface area contributed by atoms with Crippen LogP contribution in [0.15, 0.2) is 18.2 Å². The van der Waals surface area contributed by atoms with Crippen LogP contribution in [0.2, 0.25) is 0 Å². The molecule has 0 aromatic heterocycles. The van der Waals surface area contributed by atoms with Gasteiger partial charge in [-0.2, -0.15) is 0 Å². The summed E-state index contributed by atoms with van der Waals surface area (Å²) in [6.07, 6.45) is -0.343. The van der Waals surface area contributed by atoms with Crippen molar-refractivity contribution in [2.75, 3.05) is 38.0 Å². The Balaban J connectivity index is 1.75. The SMILES string of the molecule is Cc1ccc(NC(=O)NC(=O)CN2CCN(C(=O)OC(C)(C)C)CC2)c(C)c1. The van der Waals surface area contributed by atoms with Crippen LogP contribution in [-0.4, -0.2) is 66.2 Å². The predicted octanol–water partition coefficient (Wildman–Crippen LogP) is 2.50. The third kappa shape index (κ3) is 6.84. The third-order valence-corrected chi connectivity index (χ3v) is 4.27. The highest BCUT2D eigenvalue weighted by atomic mass is 16.6. The van der Waals surface area contributed by atoms with Crippen LogP contribution in [0.5, 0.6) is 0 Å². The molecular formula is C20H30N4O4. The van der Waals surface area contributed by atoms with E-state index in [9.17, 15) is 14.4 Å². The smallest absolute Gasteiger partial charge is 0.410 e. The number of anilines is 1. The van der Waals surface area contributed by atoms with Crippen molar-refractivity contribution >= 4 is 23.7 Å². The van der Waals surface area contributed by atoms with Crippen molar-refractivity contribution in [3.63, 3.8) is 0 Å². The van der Waals surface area contributed by atoms with Gasteiger partial charge in [0.15, 0.2) is 0 Å². The molecule has 0 unspecified atom stereocenters. The summed E-state index contributed by atoms with van der Waals surface area (Å²) in [4.78, 5) is 39.8. The number of aryl methyl sites for hydroxylation is 2. The van der Waals surface area contributed by atoms with Crippen LogP contribution in [0.4, 0.5) is 15.3 Å². The standard InChI is InChI=1S/C20H30N4O4/c1-14-6-7-16(15(2)12-14)21-18(26)22-17(25)13-23-8-10-24(11-9-23)19(27)28-20(3,4)5/h6-7,12H,8-11,13H2,1-5H3,(H2,21,22,25,26). The Hall–Kier alpha value is -2.61. The van der Waals surface area contributed by atoms with Gasteiger partial charge in [-0.25, -0.2) is 9.59 Å². The van der Waals surface area contributed by atoms with Gasteiger partial charge in [0.05, 0.1) is 6.54 Å². The zero-order valence-corrected chi connectivity index (χ0v) is 17.3. The second kappa shape index (κ2) is 9.05. The number of ether oxygens (including phenoxy) is 1. The van der Waals surface area contributed by atoms with Gasteiger partial charge in [-0.15, -0.1) is 0 Å². The largest absolute Gasteiger partial charge is 0.444 e. The average Bonchev–Trinajstić information content (AvgIpc) is 2.56. The van der Waals surface area contributed by atoms with Gasteiger partial charge in [0.25, 0.3) is 0 Å². The topological polar surface area (TPSA) is 91.0 Å². The fourth-order valence-corrected chi connectivity index (χ4v) is 2.89. The van der Waals surface area contributed by atoms with Crippen LogP contribution >= 0.6 is 0 Å². The number of carbonyl (C=O) groups is 3. The molecule has 8 heteroatoms.